The molecule has 2 rings (SSSR count). The van der Waals surface area contributed by atoms with Crippen LogP contribution in [-0.2, 0) is 0 Å². The van der Waals surface area contributed by atoms with Crippen LogP contribution in [0.4, 0.5) is 10.1 Å². The highest BCUT2D eigenvalue weighted by Gasteiger charge is 2.04. The molecule has 2 aromatic carbocycles. The summed E-state index contributed by atoms with van der Waals surface area (Å²) in [4.78, 5) is 0. The third-order valence-electron chi connectivity index (χ3n) is 3.10. The first-order valence-corrected chi connectivity index (χ1v) is 7.38. The molecule has 0 aliphatic rings. The molecule has 0 bridgehead atoms. The lowest BCUT2D eigenvalue weighted by molar-refractivity contribution is 0.628. The van der Waals surface area contributed by atoms with Crippen LogP contribution in [0, 0.1) is 12.7 Å². The molecular weight excluding hydrogens is 321 g/mol. The number of rotatable bonds is 3. The Bertz CT molecular complexity index is 714. The minimum atomic E-state index is -0.280. The second kappa shape index (κ2) is 7.33. The fraction of sp³-hybridized carbons (Fsp3) is 0.125. The molecule has 0 atom stereocenters. The number of thiocarbonyl (C=S) groups is 1. The fourth-order valence-electron chi connectivity index (χ4n) is 1.78. The summed E-state index contributed by atoms with van der Waals surface area (Å²) >= 11 is 11.3. The van der Waals surface area contributed by atoms with E-state index in [2.05, 4.69) is 15.8 Å². The highest BCUT2D eigenvalue weighted by molar-refractivity contribution is 7.80. The van der Waals surface area contributed by atoms with Gasteiger partial charge >= 0.3 is 0 Å². The van der Waals surface area contributed by atoms with Crippen LogP contribution >= 0.6 is 23.8 Å². The van der Waals surface area contributed by atoms with Crippen LogP contribution in [0.2, 0.25) is 5.02 Å². The Morgan fingerprint density at radius 3 is 2.55 bits per heavy atom. The molecule has 6 heteroatoms. The van der Waals surface area contributed by atoms with E-state index in [1.54, 1.807) is 12.1 Å². The minimum Gasteiger partial charge on any atom is -0.331 e. The van der Waals surface area contributed by atoms with Crippen LogP contribution in [0.3, 0.4) is 0 Å². The summed E-state index contributed by atoms with van der Waals surface area (Å²) < 4.78 is 12.9. The molecule has 0 saturated heterocycles. The number of benzene rings is 2. The Kier molecular flexibility index (Phi) is 5.46. The Labute approximate surface area is 139 Å². The van der Waals surface area contributed by atoms with Crippen molar-refractivity contribution in [2.24, 2.45) is 5.10 Å². The summed E-state index contributed by atoms with van der Waals surface area (Å²) in [5.74, 6) is -0.280. The molecule has 2 aromatic rings. The van der Waals surface area contributed by atoms with Gasteiger partial charge in [0.1, 0.15) is 5.82 Å². The van der Waals surface area contributed by atoms with E-state index in [1.165, 1.54) is 12.1 Å². The molecule has 0 spiro atoms. The monoisotopic (exact) mass is 335 g/mol. The number of nitrogens with zero attached hydrogens (tertiary/aromatic N) is 1. The first-order valence-electron chi connectivity index (χ1n) is 6.59. The highest BCUT2D eigenvalue weighted by Crippen LogP contribution is 2.22. The third-order valence-corrected chi connectivity index (χ3v) is 3.71. The molecule has 2 N–H and O–H groups in total. The van der Waals surface area contributed by atoms with E-state index in [0.29, 0.717) is 15.8 Å². The van der Waals surface area contributed by atoms with E-state index in [-0.39, 0.29) is 5.82 Å². The van der Waals surface area contributed by atoms with Crippen molar-refractivity contribution in [3.8, 4) is 0 Å². The average Bonchev–Trinajstić information content (AvgIpc) is 2.50. The van der Waals surface area contributed by atoms with Gasteiger partial charge in [-0.05, 0) is 61.5 Å². The van der Waals surface area contributed by atoms with Gasteiger partial charge in [-0.1, -0.05) is 29.8 Å². The maximum Gasteiger partial charge on any atom is 0.191 e. The van der Waals surface area contributed by atoms with Crippen LogP contribution in [0.5, 0.6) is 0 Å². The number of nitrogens with one attached hydrogen (secondary N) is 2. The summed E-state index contributed by atoms with van der Waals surface area (Å²) in [5, 5.41) is 8.23. The van der Waals surface area contributed by atoms with Crippen molar-refractivity contribution in [1.29, 1.82) is 0 Å². The van der Waals surface area contributed by atoms with Gasteiger partial charge < -0.3 is 5.32 Å². The molecule has 0 radical (unpaired) electrons. The molecule has 0 unspecified atom stereocenters. The van der Waals surface area contributed by atoms with E-state index in [1.807, 2.05) is 32.0 Å². The first kappa shape index (κ1) is 16.4. The number of hydrazone groups is 1. The van der Waals surface area contributed by atoms with Crippen LogP contribution in [0.15, 0.2) is 47.6 Å². The van der Waals surface area contributed by atoms with Gasteiger partial charge in [-0.15, -0.1) is 0 Å². The number of hydrogen-bond acceptors (Lipinski definition) is 2. The first-order chi connectivity index (χ1) is 10.5. The quantitative estimate of drug-likeness (QED) is 0.492. The van der Waals surface area contributed by atoms with Gasteiger partial charge in [0.2, 0.25) is 0 Å². The summed E-state index contributed by atoms with van der Waals surface area (Å²) in [5.41, 5.74) is 6.01. The van der Waals surface area contributed by atoms with Crippen molar-refractivity contribution >= 4 is 40.3 Å². The van der Waals surface area contributed by atoms with E-state index in [9.17, 15) is 4.39 Å². The van der Waals surface area contributed by atoms with Gasteiger partial charge in [0, 0.05) is 10.7 Å². The Morgan fingerprint density at radius 2 is 1.86 bits per heavy atom. The van der Waals surface area contributed by atoms with Crippen molar-refractivity contribution in [3.05, 3.63) is 64.4 Å². The normalized spacial score (nSPS) is 11.2. The van der Waals surface area contributed by atoms with E-state index in [0.717, 1.165) is 16.8 Å². The summed E-state index contributed by atoms with van der Waals surface area (Å²) in [7, 11) is 0. The standard InChI is InChI=1S/C16H15ClFN3S/c1-10-14(17)4-3-5-15(10)19-16(22)21-20-11(2)12-6-8-13(18)9-7-12/h3-9H,1-2H3,(H2,19,21,22)/b20-11+. The minimum absolute atomic E-state index is 0.280. The molecule has 0 aliphatic heterocycles. The summed E-state index contributed by atoms with van der Waals surface area (Å²) in [6, 6.07) is 11.6. The molecule has 0 saturated carbocycles. The average molecular weight is 336 g/mol. The summed E-state index contributed by atoms with van der Waals surface area (Å²) in [6.45, 7) is 3.72. The molecule has 3 nitrogen and oxygen atoms in total. The predicted octanol–water partition coefficient (Wildman–Crippen LogP) is 4.50. The van der Waals surface area contributed by atoms with E-state index < -0.39 is 0 Å². The molecule has 0 fully saturated rings. The van der Waals surface area contributed by atoms with Gasteiger partial charge in [-0.25, -0.2) is 4.39 Å². The van der Waals surface area contributed by atoms with E-state index >= 15 is 0 Å². The van der Waals surface area contributed by atoms with Crippen LogP contribution in [-0.4, -0.2) is 10.8 Å². The fourth-order valence-corrected chi connectivity index (χ4v) is 2.11. The van der Waals surface area contributed by atoms with Crippen molar-refractivity contribution < 1.29 is 4.39 Å². The highest BCUT2D eigenvalue weighted by atomic mass is 35.5. The van der Waals surface area contributed by atoms with Gasteiger partial charge in [-0.3, -0.25) is 5.43 Å². The van der Waals surface area contributed by atoms with Gasteiger partial charge in [0.25, 0.3) is 0 Å². The lowest BCUT2D eigenvalue weighted by atomic mass is 10.1. The Morgan fingerprint density at radius 1 is 1.18 bits per heavy atom. The van der Waals surface area contributed by atoms with Crippen molar-refractivity contribution in [1.82, 2.24) is 5.43 Å². The molecule has 22 heavy (non-hydrogen) atoms. The van der Waals surface area contributed by atoms with Crippen molar-refractivity contribution in [2.75, 3.05) is 5.32 Å². The molecule has 0 amide bonds. The van der Waals surface area contributed by atoms with Gasteiger partial charge in [0.05, 0.1) is 5.71 Å². The predicted molar refractivity (Wildman–Crippen MR) is 94.2 cm³/mol. The van der Waals surface area contributed by atoms with Crippen molar-refractivity contribution in [3.63, 3.8) is 0 Å². The zero-order chi connectivity index (χ0) is 16.1. The van der Waals surface area contributed by atoms with Crippen LogP contribution in [0.1, 0.15) is 18.1 Å². The van der Waals surface area contributed by atoms with Crippen LogP contribution < -0.4 is 10.7 Å². The maximum absolute atomic E-state index is 12.9. The SMILES string of the molecule is C/C(=N\NC(=S)Nc1cccc(Cl)c1C)c1ccc(F)cc1. The topological polar surface area (TPSA) is 36.4 Å². The lowest BCUT2D eigenvalue weighted by Crippen LogP contribution is -2.25. The van der Waals surface area contributed by atoms with Crippen molar-refractivity contribution in [2.45, 2.75) is 13.8 Å². The molecule has 0 aliphatic carbocycles. The third kappa shape index (κ3) is 4.26. The Hall–Kier alpha value is -1.98. The Balaban J connectivity index is 2.01. The molecule has 114 valence electrons. The van der Waals surface area contributed by atoms with Gasteiger partial charge in [0.15, 0.2) is 5.11 Å². The molecular formula is C16H15ClFN3S. The lowest BCUT2D eigenvalue weighted by Gasteiger charge is -2.11. The molecule has 0 heterocycles. The molecule has 0 aromatic heterocycles. The maximum atomic E-state index is 12.9. The smallest absolute Gasteiger partial charge is 0.191 e. The second-order valence-corrected chi connectivity index (χ2v) is 5.50. The number of halogens is 2. The zero-order valence-corrected chi connectivity index (χ0v) is 13.7. The van der Waals surface area contributed by atoms with Gasteiger partial charge in [-0.2, -0.15) is 5.10 Å². The van der Waals surface area contributed by atoms with Crippen LogP contribution in [0.25, 0.3) is 0 Å². The van der Waals surface area contributed by atoms with E-state index in [4.69, 9.17) is 23.8 Å². The number of anilines is 1. The second-order valence-electron chi connectivity index (χ2n) is 4.68. The largest absolute Gasteiger partial charge is 0.331 e. The zero-order valence-electron chi connectivity index (χ0n) is 12.2. The summed E-state index contributed by atoms with van der Waals surface area (Å²) in [6.07, 6.45) is 0. The number of hydrogen-bond donors (Lipinski definition) is 2.